The monoisotopic (exact) mass is 352 g/mol. The molecule has 2 amide bonds. The quantitative estimate of drug-likeness (QED) is 0.707. The number of amides is 2. The molecule has 4 rings (SSSR count). The molecule has 2 N–H and O–H groups in total. The lowest BCUT2D eigenvalue weighted by atomic mass is 10.1. The number of aromatic nitrogens is 1. The molecule has 0 saturated heterocycles. The number of fused-ring (bicyclic) bond motifs is 1. The zero-order valence-electron chi connectivity index (χ0n) is 13.0. The number of ether oxygens (including phenoxy) is 1. The number of nitrogens with one attached hydrogen (secondary N) is 2. The number of benzene rings is 2. The standard InChI is InChI=1S/C19H13ClN2O3/c20-17-16(18(23)22-19(17)24)14-9-21-15-8-12(6-7-13(14)15)25-10-11-4-2-1-3-5-11/h1-9,21H,10H2,(H,22,23,24). The normalized spacial score (nSPS) is 14.3. The van der Waals surface area contributed by atoms with Crippen LogP contribution in [0.3, 0.4) is 0 Å². The molecule has 1 aliphatic heterocycles. The minimum absolute atomic E-state index is 0.0877. The third-order valence-corrected chi connectivity index (χ3v) is 4.40. The molecule has 2 aromatic carbocycles. The maximum atomic E-state index is 12.0. The fourth-order valence-electron chi connectivity index (χ4n) is 2.82. The summed E-state index contributed by atoms with van der Waals surface area (Å²) < 4.78 is 5.80. The molecule has 0 unspecified atom stereocenters. The molecule has 3 aromatic rings. The Kier molecular flexibility index (Phi) is 3.78. The van der Waals surface area contributed by atoms with Gasteiger partial charge in [-0.25, -0.2) is 0 Å². The van der Waals surface area contributed by atoms with Gasteiger partial charge in [-0.1, -0.05) is 41.9 Å². The highest BCUT2D eigenvalue weighted by Crippen LogP contribution is 2.33. The van der Waals surface area contributed by atoms with Crippen molar-refractivity contribution in [2.24, 2.45) is 0 Å². The van der Waals surface area contributed by atoms with E-state index in [4.69, 9.17) is 16.3 Å². The Labute approximate surface area is 148 Å². The summed E-state index contributed by atoms with van der Waals surface area (Å²) in [6.45, 7) is 0.466. The van der Waals surface area contributed by atoms with Crippen LogP contribution in [0.2, 0.25) is 0 Å². The second-order valence-corrected chi connectivity index (χ2v) is 6.03. The lowest BCUT2D eigenvalue weighted by Gasteiger charge is -2.06. The van der Waals surface area contributed by atoms with E-state index < -0.39 is 11.8 Å². The minimum atomic E-state index is -0.571. The first-order valence-electron chi connectivity index (χ1n) is 7.67. The molecule has 0 fully saturated rings. The van der Waals surface area contributed by atoms with Gasteiger partial charge in [-0.3, -0.25) is 14.9 Å². The van der Waals surface area contributed by atoms with Crippen LogP contribution >= 0.6 is 11.6 Å². The van der Waals surface area contributed by atoms with Gasteiger partial charge in [0.1, 0.15) is 17.4 Å². The molecule has 6 heteroatoms. The Balaban J connectivity index is 1.64. The number of hydrogen-bond donors (Lipinski definition) is 2. The van der Waals surface area contributed by atoms with Crippen molar-refractivity contribution in [3.63, 3.8) is 0 Å². The number of H-pyrrole nitrogens is 1. The smallest absolute Gasteiger partial charge is 0.270 e. The van der Waals surface area contributed by atoms with Gasteiger partial charge >= 0.3 is 0 Å². The molecule has 25 heavy (non-hydrogen) atoms. The molecule has 2 heterocycles. The summed E-state index contributed by atoms with van der Waals surface area (Å²) in [5, 5.41) is 2.91. The van der Waals surface area contributed by atoms with Crippen molar-refractivity contribution in [3.05, 3.63) is 70.9 Å². The van der Waals surface area contributed by atoms with E-state index in [-0.39, 0.29) is 10.6 Å². The summed E-state index contributed by atoms with van der Waals surface area (Å²) in [4.78, 5) is 26.6. The number of halogens is 1. The van der Waals surface area contributed by atoms with Gasteiger partial charge < -0.3 is 9.72 Å². The van der Waals surface area contributed by atoms with Crippen LogP contribution in [-0.2, 0) is 16.2 Å². The highest BCUT2D eigenvalue weighted by Gasteiger charge is 2.31. The predicted octanol–water partition coefficient (Wildman–Crippen LogP) is 3.35. The van der Waals surface area contributed by atoms with Crippen LogP contribution in [0.5, 0.6) is 5.75 Å². The Morgan fingerprint density at radius 2 is 1.80 bits per heavy atom. The molecule has 0 spiro atoms. The van der Waals surface area contributed by atoms with Crippen molar-refractivity contribution in [1.82, 2.24) is 10.3 Å². The van der Waals surface area contributed by atoms with Gasteiger partial charge in [0, 0.05) is 28.7 Å². The Morgan fingerprint density at radius 1 is 1.00 bits per heavy atom. The molecule has 0 bridgehead atoms. The van der Waals surface area contributed by atoms with Gasteiger partial charge in [0.2, 0.25) is 0 Å². The van der Waals surface area contributed by atoms with Crippen molar-refractivity contribution in [1.29, 1.82) is 0 Å². The number of imide groups is 1. The summed E-state index contributed by atoms with van der Waals surface area (Å²) in [5.41, 5.74) is 2.66. The maximum absolute atomic E-state index is 12.0. The van der Waals surface area contributed by atoms with Crippen molar-refractivity contribution >= 4 is 39.9 Å². The fourth-order valence-corrected chi connectivity index (χ4v) is 3.05. The van der Waals surface area contributed by atoms with Crippen LogP contribution < -0.4 is 10.1 Å². The number of aromatic amines is 1. The highest BCUT2D eigenvalue weighted by atomic mass is 35.5. The number of hydrogen-bond acceptors (Lipinski definition) is 3. The van der Waals surface area contributed by atoms with Crippen molar-refractivity contribution in [2.75, 3.05) is 0 Å². The summed E-state index contributed by atoms with van der Waals surface area (Å²) in [6, 6.07) is 15.4. The highest BCUT2D eigenvalue weighted by molar-refractivity contribution is 6.55. The molecule has 0 saturated carbocycles. The van der Waals surface area contributed by atoms with Crippen LogP contribution in [0, 0.1) is 0 Å². The molecule has 124 valence electrons. The average molecular weight is 353 g/mol. The number of rotatable bonds is 4. The van der Waals surface area contributed by atoms with Crippen LogP contribution in [0.25, 0.3) is 16.5 Å². The van der Waals surface area contributed by atoms with E-state index in [1.807, 2.05) is 48.5 Å². The zero-order valence-corrected chi connectivity index (χ0v) is 13.8. The first-order valence-corrected chi connectivity index (χ1v) is 8.05. The Hall–Kier alpha value is -3.05. The summed E-state index contributed by atoms with van der Waals surface area (Å²) in [7, 11) is 0. The van der Waals surface area contributed by atoms with E-state index >= 15 is 0 Å². The van der Waals surface area contributed by atoms with Crippen LogP contribution in [0.1, 0.15) is 11.1 Å². The fraction of sp³-hybridized carbons (Fsp3) is 0.0526. The summed E-state index contributed by atoms with van der Waals surface area (Å²) in [5.74, 6) is -0.351. The number of carbonyl (C=O) groups excluding carboxylic acids is 2. The Morgan fingerprint density at radius 3 is 2.52 bits per heavy atom. The van der Waals surface area contributed by atoms with Crippen LogP contribution in [0.4, 0.5) is 0 Å². The summed E-state index contributed by atoms with van der Waals surface area (Å²) >= 11 is 5.97. The first kappa shape index (κ1) is 15.5. The van der Waals surface area contributed by atoms with Crippen molar-refractivity contribution in [2.45, 2.75) is 6.61 Å². The first-order chi connectivity index (χ1) is 12.1. The van der Waals surface area contributed by atoms with Crippen molar-refractivity contribution < 1.29 is 14.3 Å². The van der Waals surface area contributed by atoms with E-state index in [2.05, 4.69) is 10.3 Å². The molecular formula is C19H13ClN2O3. The zero-order chi connectivity index (χ0) is 17.4. The molecular weight excluding hydrogens is 340 g/mol. The molecule has 0 aliphatic carbocycles. The third-order valence-electron chi connectivity index (χ3n) is 4.04. The van der Waals surface area contributed by atoms with Gasteiger partial charge in [0.15, 0.2) is 0 Å². The van der Waals surface area contributed by atoms with Gasteiger partial charge in [0.05, 0.1) is 5.57 Å². The molecule has 0 radical (unpaired) electrons. The summed E-state index contributed by atoms with van der Waals surface area (Å²) in [6.07, 6.45) is 1.67. The van der Waals surface area contributed by atoms with Crippen LogP contribution in [-0.4, -0.2) is 16.8 Å². The van der Waals surface area contributed by atoms with E-state index in [1.165, 1.54) is 0 Å². The van der Waals surface area contributed by atoms with Gasteiger partial charge in [-0.05, 0) is 17.7 Å². The topological polar surface area (TPSA) is 71.2 Å². The lowest BCUT2D eigenvalue weighted by Crippen LogP contribution is -2.22. The molecule has 1 aromatic heterocycles. The molecule has 1 aliphatic rings. The van der Waals surface area contributed by atoms with Gasteiger partial charge in [-0.2, -0.15) is 0 Å². The second kappa shape index (κ2) is 6.11. The largest absolute Gasteiger partial charge is 0.489 e. The number of carbonyl (C=O) groups is 2. The molecule has 0 atom stereocenters. The Bertz CT molecular complexity index is 1020. The van der Waals surface area contributed by atoms with Crippen molar-refractivity contribution in [3.8, 4) is 5.75 Å². The van der Waals surface area contributed by atoms with E-state index in [9.17, 15) is 9.59 Å². The predicted molar refractivity (Wildman–Crippen MR) is 95.0 cm³/mol. The van der Waals surface area contributed by atoms with E-state index in [0.29, 0.717) is 17.9 Å². The maximum Gasteiger partial charge on any atom is 0.270 e. The van der Waals surface area contributed by atoms with Gasteiger partial charge in [-0.15, -0.1) is 0 Å². The SMILES string of the molecule is O=C1NC(=O)C(c2c[nH]c3cc(OCc4ccccc4)ccc23)=C1Cl. The van der Waals surface area contributed by atoms with E-state index in [1.54, 1.807) is 6.20 Å². The third kappa shape index (κ3) is 2.79. The second-order valence-electron chi connectivity index (χ2n) is 5.66. The van der Waals surface area contributed by atoms with Gasteiger partial charge in [0.25, 0.3) is 11.8 Å². The van der Waals surface area contributed by atoms with E-state index in [0.717, 1.165) is 16.5 Å². The minimum Gasteiger partial charge on any atom is -0.489 e. The molecule has 5 nitrogen and oxygen atoms in total. The van der Waals surface area contributed by atoms with Crippen LogP contribution in [0.15, 0.2) is 59.8 Å². The lowest BCUT2D eigenvalue weighted by molar-refractivity contribution is -0.123. The average Bonchev–Trinajstić information content (AvgIpc) is 3.14.